The summed E-state index contributed by atoms with van der Waals surface area (Å²) in [5.74, 6) is 0.748. The van der Waals surface area contributed by atoms with Gasteiger partial charge in [-0.3, -0.25) is 4.79 Å². The van der Waals surface area contributed by atoms with E-state index >= 15 is 0 Å². The Hall–Kier alpha value is -0.570. The minimum absolute atomic E-state index is 0. The molecular formula is C12H27NO2. The number of hydrogen-bond donors (Lipinski definition) is 1. The van der Waals surface area contributed by atoms with Crippen LogP contribution in [-0.4, -0.2) is 25.2 Å². The fraction of sp³-hybridized carbons (Fsp3) is 0.917. The van der Waals surface area contributed by atoms with E-state index in [4.69, 9.17) is 4.74 Å². The Balaban J connectivity index is 0. The lowest BCUT2D eigenvalue weighted by atomic mass is 10.1. The van der Waals surface area contributed by atoms with Gasteiger partial charge in [-0.15, -0.1) is 0 Å². The van der Waals surface area contributed by atoms with E-state index in [9.17, 15) is 4.79 Å². The number of nitrogens with one attached hydrogen (secondary N) is 1. The van der Waals surface area contributed by atoms with E-state index in [1.807, 2.05) is 13.8 Å². The van der Waals surface area contributed by atoms with E-state index in [1.54, 1.807) is 0 Å². The summed E-state index contributed by atoms with van der Waals surface area (Å²) < 4.78 is 5.19. The van der Waals surface area contributed by atoms with Gasteiger partial charge in [-0.05, 0) is 26.2 Å². The number of hydrogen-bond acceptors (Lipinski definition) is 2. The van der Waals surface area contributed by atoms with Gasteiger partial charge >= 0.3 is 0 Å². The highest BCUT2D eigenvalue weighted by Gasteiger charge is 2.02. The lowest BCUT2D eigenvalue weighted by Crippen LogP contribution is -2.29. The van der Waals surface area contributed by atoms with Gasteiger partial charge in [0.05, 0.1) is 6.10 Å². The lowest BCUT2D eigenvalue weighted by molar-refractivity contribution is -0.127. The normalized spacial score (nSPS) is 11.1. The van der Waals surface area contributed by atoms with Crippen LogP contribution in [0.25, 0.3) is 0 Å². The summed E-state index contributed by atoms with van der Waals surface area (Å²) in [5, 5.41) is 2.85. The third-order valence-corrected chi connectivity index (χ3v) is 2.08. The Morgan fingerprint density at radius 3 is 2.47 bits per heavy atom. The number of ether oxygens (including phenoxy) is 1. The molecule has 0 saturated heterocycles. The molecule has 3 nitrogen and oxygen atoms in total. The molecule has 0 rings (SSSR count). The van der Waals surface area contributed by atoms with E-state index in [1.165, 1.54) is 12.8 Å². The standard InChI is InChI=1S/C12H25NO2.H2/c1-10(2)7-5-6-8-13-12(14)9-15-11(3)4;/h10-11H,5-9H2,1-4H3,(H,13,14);1H. The molecule has 1 amide bonds. The molecule has 0 radical (unpaired) electrons. The van der Waals surface area contributed by atoms with Crippen molar-refractivity contribution in [3.8, 4) is 0 Å². The van der Waals surface area contributed by atoms with Crippen molar-refractivity contribution in [2.24, 2.45) is 5.92 Å². The summed E-state index contributed by atoms with van der Waals surface area (Å²) in [6, 6.07) is 0. The minimum atomic E-state index is -0.00625. The monoisotopic (exact) mass is 217 g/mol. The highest BCUT2D eigenvalue weighted by atomic mass is 16.5. The Kier molecular flexibility index (Phi) is 8.38. The highest BCUT2D eigenvalue weighted by molar-refractivity contribution is 5.77. The molecule has 0 spiro atoms. The highest BCUT2D eigenvalue weighted by Crippen LogP contribution is 2.04. The SMILES string of the molecule is CC(C)CCCCNC(=O)COC(C)C.[HH]. The first-order valence-corrected chi connectivity index (χ1v) is 5.90. The topological polar surface area (TPSA) is 38.3 Å². The molecule has 0 aliphatic heterocycles. The van der Waals surface area contributed by atoms with Crippen LogP contribution >= 0.6 is 0 Å². The molecule has 1 N–H and O–H groups in total. The maximum atomic E-state index is 11.2. The first-order valence-electron chi connectivity index (χ1n) is 5.90. The van der Waals surface area contributed by atoms with Crippen molar-refractivity contribution >= 4 is 5.91 Å². The van der Waals surface area contributed by atoms with Crippen LogP contribution in [-0.2, 0) is 9.53 Å². The maximum Gasteiger partial charge on any atom is 0.246 e. The number of amides is 1. The predicted molar refractivity (Wildman–Crippen MR) is 64.9 cm³/mol. The average molecular weight is 217 g/mol. The van der Waals surface area contributed by atoms with Crippen LogP contribution in [0.2, 0.25) is 0 Å². The fourth-order valence-electron chi connectivity index (χ4n) is 1.20. The molecular weight excluding hydrogens is 190 g/mol. The maximum absolute atomic E-state index is 11.2. The Bertz CT molecular complexity index is 172. The zero-order valence-corrected chi connectivity index (χ0v) is 10.5. The van der Waals surface area contributed by atoms with Crippen LogP contribution in [0.1, 0.15) is 48.4 Å². The molecule has 15 heavy (non-hydrogen) atoms. The molecule has 0 fully saturated rings. The second-order valence-corrected chi connectivity index (χ2v) is 4.60. The summed E-state index contributed by atoms with van der Waals surface area (Å²) >= 11 is 0. The van der Waals surface area contributed by atoms with Crippen LogP contribution in [0.15, 0.2) is 0 Å². The van der Waals surface area contributed by atoms with E-state index in [0.717, 1.165) is 18.9 Å². The molecule has 0 aromatic carbocycles. The second kappa shape index (κ2) is 8.72. The minimum Gasteiger partial charge on any atom is -0.369 e. The van der Waals surface area contributed by atoms with Crippen molar-refractivity contribution in [3.05, 3.63) is 0 Å². The van der Waals surface area contributed by atoms with Gasteiger partial charge in [0, 0.05) is 7.97 Å². The van der Waals surface area contributed by atoms with Gasteiger partial charge < -0.3 is 10.1 Å². The fourth-order valence-corrected chi connectivity index (χ4v) is 1.20. The number of carbonyl (C=O) groups excluding carboxylic acids is 1. The van der Waals surface area contributed by atoms with E-state index in [0.29, 0.717) is 0 Å². The van der Waals surface area contributed by atoms with Crippen LogP contribution in [0, 0.1) is 5.92 Å². The van der Waals surface area contributed by atoms with Crippen molar-refractivity contribution in [2.45, 2.75) is 53.1 Å². The van der Waals surface area contributed by atoms with Gasteiger partial charge in [0.15, 0.2) is 0 Å². The molecule has 0 aromatic heterocycles. The van der Waals surface area contributed by atoms with Crippen molar-refractivity contribution in [1.82, 2.24) is 5.32 Å². The molecule has 0 aromatic rings. The van der Waals surface area contributed by atoms with Gasteiger partial charge in [0.2, 0.25) is 5.91 Å². The zero-order chi connectivity index (χ0) is 11.7. The predicted octanol–water partition coefficient (Wildman–Crippen LogP) is 2.60. The summed E-state index contributed by atoms with van der Waals surface area (Å²) in [4.78, 5) is 11.2. The van der Waals surface area contributed by atoms with E-state index in [2.05, 4.69) is 19.2 Å². The Morgan fingerprint density at radius 2 is 1.93 bits per heavy atom. The average Bonchev–Trinajstić information content (AvgIpc) is 2.13. The third-order valence-electron chi connectivity index (χ3n) is 2.08. The Morgan fingerprint density at radius 1 is 1.27 bits per heavy atom. The zero-order valence-electron chi connectivity index (χ0n) is 10.5. The summed E-state index contributed by atoms with van der Waals surface area (Å²) in [6.07, 6.45) is 3.60. The number of rotatable bonds is 8. The van der Waals surface area contributed by atoms with Gasteiger partial charge in [-0.25, -0.2) is 0 Å². The van der Waals surface area contributed by atoms with E-state index < -0.39 is 0 Å². The third kappa shape index (κ3) is 11.4. The van der Waals surface area contributed by atoms with Crippen LogP contribution in [0.5, 0.6) is 0 Å². The summed E-state index contributed by atoms with van der Waals surface area (Å²) in [6.45, 7) is 9.24. The molecule has 0 aliphatic carbocycles. The van der Waals surface area contributed by atoms with Crippen molar-refractivity contribution in [3.63, 3.8) is 0 Å². The van der Waals surface area contributed by atoms with E-state index in [-0.39, 0.29) is 20.0 Å². The Labute approximate surface area is 95.1 Å². The number of carbonyl (C=O) groups is 1. The molecule has 0 aliphatic rings. The molecule has 3 heteroatoms. The van der Waals surface area contributed by atoms with Gasteiger partial charge in [-0.1, -0.05) is 26.7 Å². The molecule has 0 saturated carbocycles. The van der Waals surface area contributed by atoms with Crippen molar-refractivity contribution in [1.29, 1.82) is 0 Å². The van der Waals surface area contributed by atoms with Crippen molar-refractivity contribution < 1.29 is 11.0 Å². The molecule has 92 valence electrons. The first-order chi connectivity index (χ1) is 7.02. The largest absolute Gasteiger partial charge is 0.369 e. The van der Waals surface area contributed by atoms with Crippen LogP contribution in [0.3, 0.4) is 0 Å². The lowest BCUT2D eigenvalue weighted by Gasteiger charge is -2.08. The van der Waals surface area contributed by atoms with Crippen LogP contribution in [0.4, 0.5) is 0 Å². The van der Waals surface area contributed by atoms with Crippen molar-refractivity contribution in [2.75, 3.05) is 13.2 Å². The smallest absolute Gasteiger partial charge is 0.246 e. The van der Waals surface area contributed by atoms with Crippen LogP contribution < -0.4 is 5.32 Å². The number of unbranched alkanes of at least 4 members (excludes halogenated alkanes) is 1. The summed E-state index contributed by atoms with van der Waals surface area (Å²) in [5.41, 5.74) is 0. The van der Waals surface area contributed by atoms with Gasteiger partial charge in [-0.2, -0.15) is 0 Å². The van der Waals surface area contributed by atoms with Gasteiger partial charge in [0.25, 0.3) is 0 Å². The molecule has 0 atom stereocenters. The molecule has 0 heterocycles. The second-order valence-electron chi connectivity index (χ2n) is 4.60. The molecule has 0 unspecified atom stereocenters. The molecule has 0 bridgehead atoms. The first kappa shape index (κ1) is 14.4. The summed E-state index contributed by atoms with van der Waals surface area (Å²) in [7, 11) is 0. The van der Waals surface area contributed by atoms with Gasteiger partial charge in [0.1, 0.15) is 6.61 Å². The quantitative estimate of drug-likeness (QED) is 0.635.